The summed E-state index contributed by atoms with van der Waals surface area (Å²) >= 11 is 3.50. The van der Waals surface area contributed by atoms with Crippen molar-refractivity contribution in [3.8, 4) is 0 Å². The predicted molar refractivity (Wildman–Crippen MR) is 91.4 cm³/mol. The molecule has 0 bridgehead atoms. The first-order chi connectivity index (χ1) is 10.0. The molecule has 1 aromatic carbocycles. The lowest BCUT2D eigenvalue weighted by Crippen LogP contribution is -2.21. The quantitative estimate of drug-likeness (QED) is 0.894. The number of nitrogens with two attached hydrogens (primary N) is 1. The zero-order chi connectivity index (χ0) is 15.4. The maximum Gasteiger partial charge on any atom is 0.137 e. The van der Waals surface area contributed by atoms with Gasteiger partial charge in [-0.25, -0.2) is 9.97 Å². The first kappa shape index (κ1) is 15.8. The van der Waals surface area contributed by atoms with E-state index in [0.717, 1.165) is 41.1 Å². The molecule has 0 saturated carbocycles. The molecule has 0 fully saturated rings. The molecule has 4 nitrogen and oxygen atoms in total. The summed E-state index contributed by atoms with van der Waals surface area (Å²) in [6.45, 7) is 4.87. The van der Waals surface area contributed by atoms with Crippen molar-refractivity contribution in [3.05, 3.63) is 45.7 Å². The molecule has 0 unspecified atom stereocenters. The van der Waals surface area contributed by atoms with E-state index in [0.29, 0.717) is 5.82 Å². The Morgan fingerprint density at radius 3 is 2.71 bits per heavy atom. The number of nitrogens with zero attached hydrogens (tertiary/aromatic N) is 3. The van der Waals surface area contributed by atoms with Gasteiger partial charge in [0.25, 0.3) is 0 Å². The van der Waals surface area contributed by atoms with E-state index in [1.54, 1.807) is 0 Å². The molecule has 2 N–H and O–H groups in total. The minimum atomic E-state index is 0.574. The molecule has 5 heteroatoms. The molecule has 0 aliphatic rings. The summed E-state index contributed by atoms with van der Waals surface area (Å²) < 4.78 is 1.08. The van der Waals surface area contributed by atoms with Gasteiger partial charge in [0.1, 0.15) is 17.5 Å². The SMILES string of the molecule is CCCc1nc(N)c(C)c(N(C)Cc2cccc(Br)c2)n1. The van der Waals surface area contributed by atoms with E-state index in [4.69, 9.17) is 5.73 Å². The van der Waals surface area contributed by atoms with Gasteiger partial charge in [-0.2, -0.15) is 0 Å². The van der Waals surface area contributed by atoms with Crippen molar-refractivity contribution in [1.82, 2.24) is 9.97 Å². The van der Waals surface area contributed by atoms with Crippen LogP contribution in [0, 0.1) is 6.92 Å². The number of anilines is 2. The van der Waals surface area contributed by atoms with E-state index in [1.165, 1.54) is 5.56 Å². The van der Waals surface area contributed by atoms with Crippen molar-refractivity contribution in [2.45, 2.75) is 33.2 Å². The zero-order valence-corrected chi connectivity index (χ0v) is 14.3. The summed E-state index contributed by atoms with van der Waals surface area (Å²) in [5, 5.41) is 0. The van der Waals surface area contributed by atoms with Gasteiger partial charge in [-0.05, 0) is 31.0 Å². The summed E-state index contributed by atoms with van der Waals surface area (Å²) in [5.74, 6) is 2.30. The predicted octanol–water partition coefficient (Wildman–Crippen LogP) is 3.72. The van der Waals surface area contributed by atoms with Crippen molar-refractivity contribution >= 4 is 27.6 Å². The largest absolute Gasteiger partial charge is 0.383 e. The highest BCUT2D eigenvalue weighted by molar-refractivity contribution is 9.10. The highest BCUT2D eigenvalue weighted by Gasteiger charge is 2.13. The van der Waals surface area contributed by atoms with Crippen LogP contribution in [0.2, 0.25) is 0 Å². The van der Waals surface area contributed by atoms with Gasteiger partial charge in [0.15, 0.2) is 0 Å². The summed E-state index contributed by atoms with van der Waals surface area (Å²) in [7, 11) is 2.03. The van der Waals surface area contributed by atoms with Gasteiger partial charge in [-0.3, -0.25) is 0 Å². The maximum absolute atomic E-state index is 6.02. The lowest BCUT2D eigenvalue weighted by Gasteiger charge is -2.21. The average Bonchev–Trinajstić information content (AvgIpc) is 2.43. The highest BCUT2D eigenvalue weighted by atomic mass is 79.9. The lowest BCUT2D eigenvalue weighted by atomic mass is 10.2. The normalized spacial score (nSPS) is 10.7. The first-order valence-electron chi connectivity index (χ1n) is 7.09. The lowest BCUT2D eigenvalue weighted by molar-refractivity contribution is 0.809. The standard InChI is InChI=1S/C16H21BrN4/c1-4-6-14-19-15(18)11(2)16(20-14)21(3)10-12-7-5-8-13(17)9-12/h5,7-9H,4,6,10H2,1-3H3,(H2,18,19,20). The number of hydrogen-bond donors (Lipinski definition) is 1. The van der Waals surface area contributed by atoms with Gasteiger partial charge in [-0.1, -0.05) is 35.0 Å². The second-order valence-electron chi connectivity index (χ2n) is 5.21. The molecule has 0 spiro atoms. The smallest absolute Gasteiger partial charge is 0.137 e. The van der Waals surface area contributed by atoms with Crippen LogP contribution in [0.4, 0.5) is 11.6 Å². The molecule has 0 amide bonds. The molecular weight excluding hydrogens is 328 g/mol. The number of hydrogen-bond acceptors (Lipinski definition) is 4. The summed E-state index contributed by atoms with van der Waals surface area (Å²) in [5.41, 5.74) is 8.18. The molecule has 0 radical (unpaired) electrons. The van der Waals surface area contributed by atoms with Crippen LogP contribution in [0.1, 0.15) is 30.3 Å². The fraction of sp³-hybridized carbons (Fsp3) is 0.375. The van der Waals surface area contributed by atoms with E-state index in [2.05, 4.69) is 49.9 Å². The number of aryl methyl sites for hydroxylation is 1. The van der Waals surface area contributed by atoms with E-state index >= 15 is 0 Å². The fourth-order valence-electron chi connectivity index (χ4n) is 2.26. The Labute approximate surface area is 134 Å². The van der Waals surface area contributed by atoms with Gasteiger partial charge < -0.3 is 10.6 Å². The molecule has 0 atom stereocenters. The molecule has 112 valence electrons. The minimum Gasteiger partial charge on any atom is -0.383 e. The van der Waals surface area contributed by atoms with Crippen molar-refractivity contribution < 1.29 is 0 Å². The molecule has 0 aliphatic carbocycles. The molecular formula is C16H21BrN4. The molecule has 1 heterocycles. The van der Waals surface area contributed by atoms with Crippen LogP contribution in [-0.2, 0) is 13.0 Å². The fourth-order valence-corrected chi connectivity index (χ4v) is 2.71. The number of aromatic nitrogens is 2. The summed E-state index contributed by atoms with van der Waals surface area (Å²) in [4.78, 5) is 11.1. The van der Waals surface area contributed by atoms with Crippen LogP contribution < -0.4 is 10.6 Å². The third-order valence-corrected chi connectivity index (χ3v) is 3.84. The first-order valence-corrected chi connectivity index (χ1v) is 7.89. The van der Waals surface area contributed by atoms with Gasteiger partial charge in [-0.15, -0.1) is 0 Å². The average molecular weight is 349 g/mol. The number of benzene rings is 1. The van der Waals surface area contributed by atoms with Crippen LogP contribution in [0.3, 0.4) is 0 Å². The highest BCUT2D eigenvalue weighted by Crippen LogP contribution is 2.23. The van der Waals surface area contributed by atoms with Crippen LogP contribution in [-0.4, -0.2) is 17.0 Å². The van der Waals surface area contributed by atoms with E-state index in [1.807, 2.05) is 26.1 Å². The Kier molecular flexibility index (Phi) is 5.17. The summed E-state index contributed by atoms with van der Waals surface area (Å²) in [6.07, 6.45) is 1.86. The van der Waals surface area contributed by atoms with E-state index in [-0.39, 0.29) is 0 Å². The zero-order valence-electron chi connectivity index (χ0n) is 12.7. The van der Waals surface area contributed by atoms with Crippen LogP contribution in [0.5, 0.6) is 0 Å². The Balaban J connectivity index is 2.27. The number of nitrogen functional groups attached to an aromatic ring is 1. The number of halogens is 1. The Bertz CT molecular complexity index is 628. The second kappa shape index (κ2) is 6.89. The van der Waals surface area contributed by atoms with Crippen molar-refractivity contribution in [1.29, 1.82) is 0 Å². The van der Waals surface area contributed by atoms with Gasteiger partial charge >= 0.3 is 0 Å². The second-order valence-corrected chi connectivity index (χ2v) is 6.13. The van der Waals surface area contributed by atoms with Crippen LogP contribution >= 0.6 is 15.9 Å². The third-order valence-electron chi connectivity index (χ3n) is 3.35. The third kappa shape index (κ3) is 3.94. The Morgan fingerprint density at radius 2 is 2.05 bits per heavy atom. The van der Waals surface area contributed by atoms with Gasteiger partial charge in [0.05, 0.1) is 0 Å². The Hall–Kier alpha value is -1.62. The van der Waals surface area contributed by atoms with E-state index in [9.17, 15) is 0 Å². The monoisotopic (exact) mass is 348 g/mol. The molecule has 2 rings (SSSR count). The number of rotatable bonds is 5. The van der Waals surface area contributed by atoms with Crippen LogP contribution in [0.25, 0.3) is 0 Å². The molecule has 21 heavy (non-hydrogen) atoms. The van der Waals surface area contributed by atoms with Crippen LogP contribution in [0.15, 0.2) is 28.7 Å². The van der Waals surface area contributed by atoms with Crippen molar-refractivity contribution in [2.75, 3.05) is 17.7 Å². The molecule has 0 aliphatic heterocycles. The molecule has 1 aromatic heterocycles. The van der Waals surface area contributed by atoms with E-state index < -0.39 is 0 Å². The topological polar surface area (TPSA) is 55.0 Å². The Morgan fingerprint density at radius 1 is 1.29 bits per heavy atom. The van der Waals surface area contributed by atoms with Crippen molar-refractivity contribution in [3.63, 3.8) is 0 Å². The molecule has 0 saturated heterocycles. The van der Waals surface area contributed by atoms with Gasteiger partial charge in [0.2, 0.25) is 0 Å². The minimum absolute atomic E-state index is 0.574. The maximum atomic E-state index is 6.02. The summed E-state index contributed by atoms with van der Waals surface area (Å²) in [6, 6.07) is 8.28. The van der Waals surface area contributed by atoms with Gasteiger partial charge in [0, 0.05) is 30.0 Å². The molecule has 2 aromatic rings. The van der Waals surface area contributed by atoms with Crippen molar-refractivity contribution in [2.24, 2.45) is 0 Å².